The zero-order chi connectivity index (χ0) is 106. The Morgan fingerprint density at radius 2 is 0.631 bits per heavy atom. The van der Waals surface area contributed by atoms with E-state index in [1.807, 2.05) is 12.1 Å². The quantitative estimate of drug-likeness (QED) is 0.0109. The molecule has 0 aliphatic carbocycles. The van der Waals surface area contributed by atoms with Crippen LogP contribution in [0.1, 0.15) is 105 Å². The van der Waals surface area contributed by atoms with Crippen LogP contribution in [0, 0.1) is 3.70 Å². The van der Waals surface area contributed by atoms with Crippen LogP contribution in [-0.2, 0) is 88.5 Å². The molecule has 149 heavy (non-hydrogen) atoms. The number of benzene rings is 4. The second-order valence-electron chi connectivity index (χ2n) is 30.6. The van der Waals surface area contributed by atoms with Gasteiger partial charge in [-0.25, -0.2) is 27.2 Å². The van der Waals surface area contributed by atoms with Crippen LogP contribution in [0.25, 0.3) is 44.5 Å². The van der Waals surface area contributed by atoms with Crippen molar-refractivity contribution in [2.75, 3.05) is 38.9 Å². The van der Waals surface area contributed by atoms with Gasteiger partial charge in [0.05, 0.1) is 111 Å². The number of halogens is 16. The molecule has 0 bridgehead atoms. The Morgan fingerprint density at radius 1 is 0.356 bits per heavy atom. The summed E-state index contributed by atoms with van der Waals surface area (Å²) < 4.78 is 216. The number of esters is 1. The number of nitrogens with two attached hydrogens (primary N) is 1. The second kappa shape index (κ2) is 57.2. The van der Waals surface area contributed by atoms with E-state index in [1.54, 1.807) is 84.9 Å². The first-order valence-corrected chi connectivity index (χ1v) is 44.1. The summed E-state index contributed by atoms with van der Waals surface area (Å²) in [5.74, 6) is -3.98. The fraction of sp³-hybridized carbons (Fsp3) is 0.274. The summed E-state index contributed by atoms with van der Waals surface area (Å²) in [6.07, 6.45) is -11.4. The highest BCUT2D eigenvalue weighted by Gasteiger charge is 2.35. The van der Waals surface area contributed by atoms with Crippen LogP contribution in [-0.4, -0.2) is 209 Å². The zero-order valence-electron chi connectivity index (χ0n) is 77.5. The first kappa shape index (κ1) is 119. The minimum atomic E-state index is -4.81. The molecule has 6 amide bonds. The third-order valence-electron chi connectivity index (χ3n) is 19.4. The molecule has 3 atom stereocenters. The predicted octanol–water partition coefficient (Wildman–Crippen LogP) is 15.6. The molecular formula is C95H96F15IN26O12. The number of aryl methyl sites for hydroxylation is 3. The number of amides is 6. The average Bonchev–Trinajstić information content (AvgIpc) is 1.81. The topological polar surface area (TPSA) is 508 Å². The summed E-state index contributed by atoms with van der Waals surface area (Å²) in [5.41, 5.74) is 13.2. The molecule has 10 heterocycles. The van der Waals surface area contributed by atoms with E-state index in [2.05, 4.69) is 154 Å². The molecule has 0 unspecified atom stereocenters. The van der Waals surface area contributed by atoms with E-state index in [1.165, 1.54) is 171 Å². The molecule has 0 aliphatic heterocycles. The number of carbonyl (C=O) groups excluding carboxylic acids is 7. The van der Waals surface area contributed by atoms with Crippen molar-refractivity contribution in [1.82, 2.24) is 118 Å². The molecule has 14 aromatic rings. The van der Waals surface area contributed by atoms with Crippen LogP contribution >= 0.6 is 22.6 Å². The molecule has 0 spiro atoms. The number of pyridine rings is 4. The van der Waals surface area contributed by atoms with Gasteiger partial charge in [-0.05, 0) is 239 Å². The Balaban J connectivity index is 0.000000260. The lowest BCUT2D eigenvalue weighted by molar-refractivity contribution is -0.275. The summed E-state index contributed by atoms with van der Waals surface area (Å²) >= 11 is 2.07. The van der Waals surface area contributed by atoms with Crippen molar-refractivity contribution < 1.29 is 123 Å². The number of primary amides is 1. The van der Waals surface area contributed by atoms with E-state index >= 15 is 0 Å². The summed E-state index contributed by atoms with van der Waals surface area (Å²) in [5, 5.41) is 58.6. The third kappa shape index (κ3) is 42.5. The van der Waals surface area contributed by atoms with Gasteiger partial charge in [0.2, 0.25) is 17.7 Å². The van der Waals surface area contributed by atoms with Gasteiger partial charge in [-0.15, -0.1) is 83.3 Å². The average molecular weight is 2210 g/mol. The van der Waals surface area contributed by atoms with Gasteiger partial charge in [-0.1, -0.05) is 79.0 Å². The normalized spacial score (nSPS) is 11.5. The van der Waals surface area contributed by atoms with Crippen molar-refractivity contribution in [2.24, 2.45) is 5.73 Å². The van der Waals surface area contributed by atoms with Crippen molar-refractivity contribution in [3.8, 4) is 67.5 Å². The number of nitrogens with one attached hydrogen (secondary N) is 5. The predicted molar refractivity (Wildman–Crippen MR) is 516 cm³/mol. The first-order valence-electron chi connectivity index (χ1n) is 43.1. The highest BCUT2D eigenvalue weighted by Crippen LogP contribution is 2.34. The molecule has 10 N–H and O–H groups in total. The highest BCUT2D eigenvalue weighted by molar-refractivity contribution is 14.1. The number of nitrogens with zero attached hydrogens (tertiary/aromatic N) is 19. The Hall–Kier alpha value is -16.7. The van der Waals surface area contributed by atoms with E-state index in [0.29, 0.717) is 91.5 Å². The van der Waals surface area contributed by atoms with Gasteiger partial charge in [-0.2, -0.15) is 15.3 Å². The van der Waals surface area contributed by atoms with Crippen molar-refractivity contribution >= 4 is 75.6 Å². The van der Waals surface area contributed by atoms with Crippen LogP contribution in [0.15, 0.2) is 225 Å². The Morgan fingerprint density at radius 3 is 0.886 bits per heavy atom. The van der Waals surface area contributed by atoms with Gasteiger partial charge in [-0.3, -0.25) is 53.5 Å². The number of ether oxygens (including phenoxy) is 5. The number of aromatic nitrogens is 19. The highest BCUT2D eigenvalue weighted by atomic mass is 127. The van der Waals surface area contributed by atoms with Gasteiger partial charge >= 0.3 is 31.4 Å². The van der Waals surface area contributed by atoms with Gasteiger partial charge < -0.3 is 62.2 Å². The Bertz CT molecular complexity index is 6470. The smallest absolute Gasteiger partial charge is 0.469 e. The van der Waals surface area contributed by atoms with Crippen molar-refractivity contribution in [3.05, 3.63) is 286 Å². The van der Waals surface area contributed by atoms with E-state index in [0.717, 1.165) is 9.39 Å². The SMILES string of the molecule is C.C.CNC(=O)c1cn(C[C@H](F)CCc2ccc(I)nn2)nn1.CNC(=O)c1cn(C[C@H](F)CCc2ccc(NC(=O)Cc3cc(-c4cccc(OC(F)(F)F)c4)ccn3)nn2)nn1.CNC(=O)c1cn(C[C@H](F)CCc2ccc(NC(=O)Cc3cc(-c4cccc(OC(F)(F)F)c4)ccn3)nn2)nn1.COC(=O)Cc1cc(-c2cccc(OC(F)(F)F)c2)ccn1.N.NC(=O)Cc1cc(-c2cccc(OC(F)(F)F)c2)ccn1. The van der Waals surface area contributed by atoms with E-state index in [-0.39, 0.29) is 150 Å². The summed E-state index contributed by atoms with van der Waals surface area (Å²) in [6.45, 7) is -0.0943. The largest absolute Gasteiger partial charge is 0.573 e. The van der Waals surface area contributed by atoms with Gasteiger partial charge in [0.15, 0.2) is 28.7 Å². The zero-order valence-corrected chi connectivity index (χ0v) is 79.7. The second-order valence-corrected chi connectivity index (χ2v) is 31.7. The Kier molecular flexibility index (Phi) is 45.8. The van der Waals surface area contributed by atoms with Crippen molar-refractivity contribution in [3.63, 3.8) is 0 Å². The fourth-order valence-electron chi connectivity index (χ4n) is 12.9. The number of carbonyl (C=O) groups is 7. The molecule has 38 nitrogen and oxygen atoms in total. The molecule has 4 aromatic carbocycles. The summed E-state index contributed by atoms with van der Waals surface area (Å²) in [7, 11) is 5.69. The molecule has 10 aromatic heterocycles. The first-order chi connectivity index (χ1) is 69.4. The summed E-state index contributed by atoms with van der Waals surface area (Å²) in [6, 6.07) is 44.9. The molecule has 0 fully saturated rings. The van der Waals surface area contributed by atoms with Gasteiger partial charge in [0.25, 0.3) is 17.7 Å². The number of rotatable bonds is 36. The molecule has 0 saturated heterocycles. The number of methoxy groups -OCH3 is 1. The maximum Gasteiger partial charge on any atom is 0.573 e. The number of alkyl halides is 15. The number of anilines is 2. The molecule has 0 aliphatic rings. The monoisotopic (exact) mass is 2200 g/mol. The van der Waals surface area contributed by atoms with Crippen molar-refractivity contribution in [2.45, 2.75) is 143 Å². The fourth-order valence-corrected chi connectivity index (χ4v) is 13.2. The van der Waals surface area contributed by atoms with Crippen molar-refractivity contribution in [1.29, 1.82) is 0 Å². The standard InChI is InChI=1S/2C26H24F4N8O3.C15H12F3NO3.C14H11F3N2O2.C12H14FIN6O.2CH4.H3N/c2*1-31-25(40)22-15-38(37-35-22)14-18(27)5-6-19-7-8-23(36-34-19)33-24(39)13-20-11-17(9-10-32-20)16-3-2-4-21(12-16)41-26(28,29)30;1-21-14(20)9-12-7-11(5-6-19-12)10-3-2-4-13(8-10)22-15(16,17)18;15-14(16,17)21-12-3-1-2-9(7-12)10-4-5-19-11(6-10)8-13(18)20;1-15-12(21)10-7-20(19-17-10)6-8(13)2-3-9-4-5-11(14)18-16-9;;;/h2*2-4,7-12,15,18H,5-6,13-14H2,1H3,(H,31,40)(H,33,36,39);2-8H,9H2,1H3;1-7H,8H2,(H2,18,20);4-5,7-8H,2-3,6H2,1H3,(H,15,21);2*1H4;1H3/t2*18-;;;8-;;;/m11..1.../s1. The maximum absolute atomic E-state index is 14.4. The minimum Gasteiger partial charge on any atom is -0.469 e. The maximum atomic E-state index is 14.4. The number of hydrogen-bond donors (Lipinski definition) is 7. The van der Waals surface area contributed by atoms with Crippen LogP contribution in [0.5, 0.6) is 23.0 Å². The van der Waals surface area contributed by atoms with E-state index < -0.39 is 79.5 Å². The molecule has 0 radical (unpaired) electrons. The van der Waals surface area contributed by atoms with Crippen LogP contribution in [0.3, 0.4) is 0 Å². The van der Waals surface area contributed by atoms with E-state index in [9.17, 15) is 99.4 Å². The lowest BCUT2D eigenvalue weighted by atomic mass is 10.1. The minimum absolute atomic E-state index is 0. The molecule has 0 saturated carbocycles. The van der Waals surface area contributed by atoms with Crippen LogP contribution < -0.4 is 57.4 Å². The number of hydrogen-bond acceptors (Lipinski definition) is 29. The lowest BCUT2D eigenvalue weighted by Crippen LogP contribution is -2.18. The molecular weight excluding hydrogens is 2110 g/mol. The van der Waals surface area contributed by atoms with Crippen LogP contribution in [0.4, 0.5) is 77.5 Å². The molecule has 14 rings (SSSR count). The van der Waals surface area contributed by atoms with Gasteiger partial charge in [0, 0.05) is 45.9 Å². The molecule has 54 heteroatoms. The summed E-state index contributed by atoms with van der Waals surface area (Å²) in [4.78, 5) is 97.8. The van der Waals surface area contributed by atoms with Crippen LogP contribution in [0.2, 0.25) is 0 Å². The Labute approximate surface area is 852 Å². The lowest BCUT2D eigenvalue weighted by Gasteiger charge is -2.11. The molecule has 790 valence electrons. The third-order valence-corrected chi connectivity index (χ3v) is 20.0. The van der Waals surface area contributed by atoms with Gasteiger partial charge in [0.1, 0.15) is 45.2 Å². The van der Waals surface area contributed by atoms with E-state index in [4.69, 9.17) is 5.73 Å².